The van der Waals surface area contributed by atoms with Gasteiger partial charge in [0, 0.05) is 12.6 Å². The van der Waals surface area contributed by atoms with Crippen LogP contribution in [0.1, 0.15) is 22.9 Å². The predicted molar refractivity (Wildman–Crippen MR) is 97.8 cm³/mol. The van der Waals surface area contributed by atoms with Crippen molar-refractivity contribution >= 4 is 17.8 Å². The van der Waals surface area contributed by atoms with Gasteiger partial charge in [-0.25, -0.2) is 19.2 Å². The molecule has 0 unspecified atom stereocenters. The Bertz CT molecular complexity index is 1070. The van der Waals surface area contributed by atoms with Gasteiger partial charge in [0.2, 0.25) is 0 Å². The van der Waals surface area contributed by atoms with Crippen LogP contribution in [0, 0.1) is 13.8 Å². The third kappa shape index (κ3) is 2.82. The summed E-state index contributed by atoms with van der Waals surface area (Å²) in [6, 6.07) is 13.9. The molecule has 0 aliphatic carbocycles. The third-order valence-electron chi connectivity index (χ3n) is 4.19. The van der Waals surface area contributed by atoms with Gasteiger partial charge >= 0.3 is 0 Å². The molecule has 0 saturated heterocycles. The van der Waals surface area contributed by atoms with Gasteiger partial charge in [-0.15, -0.1) is 0 Å². The van der Waals surface area contributed by atoms with E-state index in [-0.39, 0.29) is 0 Å². The van der Waals surface area contributed by atoms with Gasteiger partial charge in [0.25, 0.3) is 0 Å². The number of benzene rings is 1. The summed E-state index contributed by atoms with van der Waals surface area (Å²) in [7, 11) is 1.89. The molecule has 1 aromatic carbocycles. The second-order valence-corrected chi connectivity index (χ2v) is 5.93. The van der Waals surface area contributed by atoms with Crippen LogP contribution in [-0.2, 0) is 7.05 Å². The maximum Gasteiger partial charge on any atom is 0.181 e. The van der Waals surface area contributed by atoms with Crippen LogP contribution in [0.5, 0.6) is 0 Å². The van der Waals surface area contributed by atoms with Crippen LogP contribution < -0.4 is 0 Å². The van der Waals surface area contributed by atoms with E-state index in [4.69, 9.17) is 0 Å². The molecule has 0 spiro atoms. The van der Waals surface area contributed by atoms with Crippen LogP contribution in [0.4, 0.5) is 0 Å². The van der Waals surface area contributed by atoms with Crippen molar-refractivity contribution in [2.45, 2.75) is 13.8 Å². The SMILES string of the molecule is Cc1nc2ccc(C=Cc3nc(-c4ccccc4)nn3C)nn2c1C. The molecule has 25 heavy (non-hydrogen) atoms. The van der Waals surface area contributed by atoms with Gasteiger partial charge in [-0.3, -0.25) is 0 Å². The van der Waals surface area contributed by atoms with E-state index < -0.39 is 0 Å². The van der Waals surface area contributed by atoms with Gasteiger partial charge in [0.05, 0.1) is 17.1 Å². The van der Waals surface area contributed by atoms with E-state index in [1.807, 2.05) is 80.0 Å². The highest BCUT2D eigenvalue weighted by atomic mass is 15.3. The Labute approximate surface area is 145 Å². The van der Waals surface area contributed by atoms with Crippen molar-refractivity contribution in [3.8, 4) is 11.4 Å². The Morgan fingerprint density at radius 1 is 0.880 bits per heavy atom. The van der Waals surface area contributed by atoms with Gasteiger partial charge in [-0.1, -0.05) is 30.3 Å². The van der Waals surface area contributed by atoms with Crippen molar-refractivity contribution in [1.82, 2.24) is 29.4 Å². The molecule has 0 atom stereocenters. The van der Waals surface area contributed by atoms with Gasteiger partial charge in [0.15, 0.2) is 17.3 Å². The van der Waals surface area contributed by atoms with E-state index in [0.717, 1.165) is 34.1 Å². The second-order valence-electron chi connectivity index (χ2n) is 5.93. The fourth-order valence-corrected chi connectivity index (χ4v) is 2.67. The smallest absolute Gasteiger partial charge is 0.181 e. The van der Waals surface area contributed by atoms with Gasteiger partial charge in [0.1, 0.15) is 0 Å². The number of aromatic nitrogens is 6. The maximum absolute atomic E-state index is 4.62. The molecule has 0 N–H and O–H groups in total. The van der Waals surface area contributed by atoms with Gasteiger partial charge in [-0.2, -0.15) is 10.2 Å². The van der Waals surface area contributed by atoms with E-state index >= 15 is 0 Å². The first-order chi connectivity index (χ1) is 12.1. The first-order valence-electron chi connectivity index (χ1n) is 8.09. The summed E-state index contributed by atoms with van der Waals surface area (Å²) >= 11 is 0. The van der Waals surface area contributed by atoms with Gasteiger partial charge < -0.3 is 0 Å². The number of nitrogens with zero attached hydrogens (tertiary/aromatic N) is 6. The Balaban J connectivity index is 1.66. The molecule has 4 rings (SSSR count). The van der Waals surface area contributed by atoms with E-state index in [2.05, 4.69) is 20.2 Å². The summed E-state index contributed by atoms with van der Waals surface area (Å²) in [6.07, 6.45) is 3.86. The highest BCUT2D eigenvalue weighted by molar-refractivity contribution is 5.66. The van der Waals surface area contributed by atoms with Gasteiger partial charge in [-0.05, 0) is 38.1 Å². The van der Waals surface area contributed by atoms with Crippen LogP contribution in [-0.4, -0.2) is 29.4 Å². The Hall–Kier alpha value is -3.28. The summed E-state index contributed by atoms with van der Waals surface area (Å²) in [5, 5.41) is 9.09. The molecule has 4 aromatic rings. The monoisotopic (exact) mass is 330 g/mol. The number of hydrogen-bond donors (Lipinski definition) is 0. The predicted octanol–water partition coefficient (Wildman–Crippen LogP) is 3.31. The van der Waals surface area contributed by atoms with Crippen molar-refractivity contribution < 1.29 is 0 Å². The molecule has 6 heteroatoms. The molecule has 0 radical (unpaired) electrons. The molecule has 0 aliphatic rings. The zero-order valence-corrected chi connectivity index (χ0v) is 14.4. The number of hydrogen-bond acceptors (Lipinski definition) is 4. The molecule has 0 amide bonds. The topological polar surface area (TPSA) is 60.9 Å². The standard InChI is InChI=1S/C19H18N6/c1-13-14(2)25-18(20-13)12-10-16(22-25)9-11-17-21-19(23-24(17)3)15-7-5-4-6-8-15/h4-12H,1-3H3. The lowest BCUT2D eigenvalue weighted by atomic mass is 10.2. The molecular formula is C19H18N6. The lowest BCUT2D eigenvalue weighted by Crippen LogP contribution is -1.96. The van der Waals surface area contributed by atoms with Crippen molar-refractivity contribution in [2.75, 3.05) is 0 Å². The number of fused-ring (bicyclic) bond motifs is 1. The maximum atomic E-state index is 4.62. The summed E-state index contributed by atoms with van der Waals surface area (Å²) in [6.45, 7) is 4.01. The molecule has 0 fully saturated rings. The lowest BCUT2D eigenvalue weighted by Gasteiger charge is -1.97. The molecule has 0 bridgehead atoms. The Morgan fingerprint density at radius 3 is 2.48 bits per heavy atom. The first-order valence-corrected chi connectivity index (χ1v) is 8.09. The van der Waals surface area contributed by atoms with E-state index in [9.17, 15) is 0 Å². The fraction of sp³-hybridized carbons (Fsp3) is 0.158. The largest absolute Gasteiger partial charge is 0.249 e. The van der Waals surface area contributed by atoms with Crippen molar-refractivity contribution in [3.05, 3.63) is 65.4 Å². The highest BCUT2D eigenvalue weighted by Crippen LogP contribution is 2.16. The number of imidazole rings is 1. The van der Waals surface area contributed by atoms with Crippen LogP contribution in [0.25, 0.3) is 29.2 Å². The minimum absolute atomic E-state index is 0.715. The average molecular weight is 330 g/mol. The minimum atomic E-state index is 0.715. The second kappa shape index (κ2) is 5.98. The molecule has 0 aliphatic heterocycles. The lowest BCUT2D eigenvalue weighted by molar-refractivity contribution is 0.759. The third-order valence-corrected chi connectivity index (χ3v) is 4.19. The molecule has 3 heterocycles. The van der Waals surface area contributed by atoms with Crippen molar-refractivity contribution in [3.63, 3.8) is 0 Å². The zero-order chi connectivity index (χ0) is 17.4. The summed E-state index contributed by atoms with van der Waals surface area (Å²) in [5.74, 6) is 1.49. The van der Waals surface area contributed by atoms with Crippen molar-refractivity contribution in [2.24, 2.45) is 7.05 Å². The molecule has 124 valence electrons. The van der Waals surface area contributed by atoms with Crippen LogP contribution in [0.3, 0.4) is 0 Å². The van der Waals surface area contributed by atoms with E-state index in [1.54, 1.807) is 4.68 Å². The Kier molecular flexibility index (Phi) is 3.65. The molecule has 0 saturated carbocycles. The van der Waals surface area contributed by atoms with E-state index in [1.165, 1.54) is 0 Å². The summed E-state index contributed by atoms with van der Waals surface area (Å²) in [4.78, 5) is 9.07. The van der Waals surface area contributed by atoms with Crippen LogP contribution >= 0.6 is 0 Å². The molecular weight excluding hydrogens is 312 g/mol. The number of rotatable bonds is 3. The van der Waals surface area contributed by atoms with E-state index in [0.29, 0.717) is 5.82 Å². The molecule has 6 nitrogen and oxygen atoms in total. The highest BCUT2D eigenvalue weighted by Gasteiger charge is 2.08. The average Bonchev–Trinajstić information content (AvgIpc) is 3.14. The quantitative estimate of drug-likeness (QED) is 0.578. The van der Waals surface area contributed by atoms with Crippen molar-refractivity contribution in [1.29, 1.82) is 0 Å². The van der Waals surface area contributed by atoms with Crippen LogP contribution in [0.2, 0.25) is 0 Å². The van der Waals surface area contributed by atoms with Crippen LogP contribution in [0.15, 0.2) is 42.5 Å². The summed E-state index contributed by atoms with van der Waals surface area (Å²) in [5.41, 5.74) is 4.75. The first kappa shape index (κ1) is 15.3. The zero-order valence-electron chi connectivity index (χ0n) is 14.4. The molecule has 3 aromatic heterocycles. The summed E-state index contributed by atoms with van der Waals surface area (Å²) < 4.78 is 3.63. The normalized spacial score (nSPS) is 11.6. The number of aryl methyl sites for hydroxylation is 3. The Morgan fingerprint density at radius 2 is 1.68 bits per heavy atom. The minimum Gasteiger partial charge on any atom is -0.249 e. The fourth-order valence-electron chi connectivity index (χ4n) is 2.67.